The van der Waals surface area contributed by atoms with Crippen molar-refractivity contribution in [3.05, 3.63) is 84.0 Å². The van der Waals surface area contributed by atoms with Crippen LogP contribution in [0.4, 0.5) is 16.2 Å². The van der Waals surface area contributed by atoms with Crippen LogP contribution in [-0.4, -0.2) is 41.4 Å². The van der Waals surface area contributed by atoms with Gasteiger partial charge >= 0.3 is 6.03 Å². The summed E-state index contributed by atoms with van der Waals surface area (Å²) in [5.41, 5.74) is 8.57. The lowest BCUT2D eigenvalue weighted by atomic mass is 9.75. The summed E-state index contributed by atoms with van der Waals surface area (Å²) >= 11 is 0. The fraction of sp³-hybridized carbons (Fsp3) is 0.406. The molecule has 0 spiro atoms. The number of fused-ring (bicyclic) bond motifs is 3. The average molecular weight is 540 g/mol. The Balaban J connectivity index is 1.19. The van der Waals surface area contributed by atoms with E-state index in [0.29, 0.717) is 23.1 Å². The number of carbonyl (C=O) groups is 3. The van der Waals surface area contributed by atoms with Crippen LogP contribution in [0.15, 0.2) is 72.8 Å². The lowest BCUT2D eigenvalue weighted by Gasteiger charge is -2.44. The number of likely N-dealkylation sites (tertiary alicyclic amines) is 1. The van der Waals surface area contributed by atoms with E-state index < -0.39 is 5.91 Å². The van der Waals surface area contributed by atoms with Gasteiger partial charge in [-0.2, -0.15) is 0 Å². The number of nitrogens with zero attached hydrogens (tertiary/aromatic N) is 1. The van der Waals surface area contributed by atoms with E-state index in [1.54, 1.807) is 24.3 Å². The van der Waals surface area contributed by atoms with Crippen molar-refractivity contribution in [2.75, 3.05) is 17.2 Å². The highest BCUT2D eigenvalue weighted by atomic mass is 16.2. The third-order valence-corrected chi connectivity index (χ3v) is 9.09. The number of nitrogens with two attached hydrogens (primary N) is 1. The SMILES string of the molecule is NC(=O)c1ccc(NC(=O)N[C@@H]2CCCC[C@@H]2C(=O)N2CC[C@@H]3[C@H](C4C=CC=CC4)Nc4ccccc4[C@@H]32)cc1. The predicted octanol–water partition coefficient (Wildman–Crippen LogP) is 4.98. The van der Waals surface area contributed by atoms with E-state index in [-0.39, 0.29) is 36.0 Å². The van der Waals surface area contributed by atoms with Crippen LogP contribution in [0.2, 0.25) is 0 Å². The first-order valence-corrected chi connectivity index (χ1v) is 14.5. The molecular weight excluding hydrogens is 502 g/mol. The number of hydrogen-bond donors (Lipinski definition) is 4. The number of urea groups is 1. The Morgan fingerprint density at radius 2 is 1.75 bits per heavy atom. The summed E-state index contributed by atoms with van der Waals surface area (Å²) in [6.07, 6.45) is 14.2. The van der Waals surface area contributed by atoms with E-state index >= 15 is 0 Å². The number of carbonyl (C=O) groups excluding carboxylic acids is 3. The standard InChI is InChI=1S/C32H37N5O3/c33-30(38)21-14-16-22(17-15-21)34-32(40)36-27-13-7-5-11-24(27)31(39)37-19-18-25-28(20-8-2-1-3-9-20)35-26-12-6-4-10-23(26)29(25)37/h1-4,6,8,10,12,14-17,20,24-25,27-29,35H,5,7,9,11,13,18-19H2,(H2,33,38)(H2,34,36,40)/t20?,24-,25+,27+,28-,29-/m0/s1. The van der Waals surface area contributed by atoms with Gasteiger partial charge in [0.15, 0.2) is 0 Å². The molecule has 5 N–H and O–H groups in total. The van der Waals surface area contributed by atoms with Crippen LogP contribution in [0.5, 0.6) is 0 Å². The number of nitrogens with one attached hydrogen (secondary N) is 3. The minimum absolute atomic E-state index is 0.0365. The maximum absolute atomic E-state index is 14.3. The number of hydrogen-bond acceptors (Lipinski definition) is 4. The van der Waals surface area contributed by atoms with Crippen molar-refractivity contribution in [2.45, 2.75) is 56.7 Å². The molecule has 0 bridgehead atoms. The van der Waals surface area contributed by atoms with Crippen molar-refractivity contribution < 1.29 is 14.4 Å². The molecule has 208 valence electrons. The Kier molecular flexibility index (Phi) is 7.32. The lowest BCUT2D eigenvalue weighted by molar-refractivity contribution is -0.138. The minimum Gasteiger partial charge on any atom is -0.381 e. The van der Waals surface area contributed by atoms with Gasteiger partial charge in [-0.25, -0.2) is 4.79 Å². The second kappa shape index (κ2) is 11.2. The third kappa shape index (κ3) is 5.10. The maximum atomic E-state index is 14.3. The second-order valence-electron chi connectivity index (χ2n) is 11.4. The Hall–Kier alpha value is -4.07. The first-order valence-electron chi connectivity index (χ1n) is 14.5. The Morgan fingerprint density at radius 1 is 0.950 bits per heavy atom. The van der Waals surface area contributed by atoms with Crippen LogP contribution < -0.4 is 21.7 Å². The van der Waals surface area contributed by atoms with Crippen molar-refractivity contribution in [1.29, 1.82) is 0 Å². The molecule has 4 amide bonds. The zero-order valence-corrected chi connectivity index (χ0v) is 22.6. The van der Waals surface area contributed by atoms with E-state index in [1.807, 2.05) is 0 Å². The number of primary amides is 1. The zero-order chi connectivity index (χ0) is 27.6. The molecule has 2 aliphatic carbocycles. The van der Waals surface area contributed by atoms with E-state index in [2.05, 4.69) is 69.4 Å². The Bertz CT molecular complexity index is 1340. The highest BCUT2D eigenvalue weighted by Crippen LogP contribution is 2.49. The average Bonchev–Trinajstić information content (AvgIpc) is 3.43. The van der Waals surface area contributed by atoms with Gasteiger partial charge in [0.25, 0.3) is 0 Å². The topological polar surface area (TPSA) is 117 Å². The van der Waals surface area contributed by atoms with Crippen LogP contribution in [0.25, 0.3) is 0 Å². The molecule has 2 aromatic rings. The number of para-hydroxylation sites is 1. The number of rotatable bonds is 5. The summed E-state index contributed by atoms with van der Waals surface area (Å²) in [7, 11) is 0. The molecule has 6 rings (SSSR count). The molecule has 6 atom stereocenters. The number of anilines is 2. The van der Waals surface area contributed by atoms with Gasteiger partial charge in [0.05, 0.1) is 12.0 Å². The monoisotopic (exact) mass is 539 g/mol. The van der Waals surface area contributed by atoms with E-state index in [9.17, 15) is 14.4 Å². The fourth-order valence-corrected chi connectivity index (χ4v) is 7.17. The lowest BCUT2D eigenvalue weighted by Crippen LogP contribution is -2.51. The molecule has 0 radical (unpaired) electrons. The maximum Gasteiger partial charge on any atom is 0.319 e. The molecule has 1 unspecified atom stereocenters. The molecule has 8 heteroatoms. The van der Waals surface area contributed by atoms with Crippen molar-refractivity contribution in [2.24, 2.45) is 23.5 Å². The van der Waals surface area contributed by atoms with E-state index in [4.69, 9.17) is 5.73 Å². The second-order valence-corrected chi connectivity index (χ2v) is 11.4. The highest BCUT2D eigenvalue weighted by Gasteiger charge is 2.49. The largest absolute Gasteiger partial charge is 0.381 e. The van der Waals surface area contributed by atoms with Crippen LogP contribution in [0, 0.1) is 17.8 Å². The van der Waals surface area contributed by atoms with Gasteiger partial charge in [-0.15, -0.1) is 0 Å². The minimum atomic E-state index is -0.515. The molecule has 40 heavy (non-hydrogen) atoms. The van der Waals surface area contributed by atoms with Gasteiger partial charge < -0.3 is 26.6 Å². The normalized spacial score (nSPS) is 28.6. The van der Waals surface area contributed by atoms with Crippen LogP contribution in [-0.2, 0) is 4.79 Å². The first kappa shape index (κ1) is 26.2. The molecule has 1 saturated carbocycles. The van der Waals surface area contributed by atoms with Crippen molar-refractivity contribution in [3.8, 4) is 0 Å². The summed E-state index contributed by atoms with van der Waals surface area (Å²) in [5.74, 6) is 0.109. The smallest absolute Gasteiger partial charge is 0.319 e. The van der Waals surface area contributed by atoms with Crippen molar-refractivity contribution in [3.63, 3.8) is 0 Å². The summed E-state index contributed by atoms with van der Waals surface area (Å²) < 4.78 is 0. The zero-order valence-electron chi connectivity index (χ0n) is 22.6. The molecule has 2 heterocycles. The molecule has 2 aromatic carbocycles. The van der Waals surface area contributed by atoms with Gasteiger partial charge in [-0.05, 0) is 61.6 Å². The van der Waals surface area contributed by atoms with Gasteiger partial charge in [0, 0.05) is 47.4 Å². The summed E-state index contributed by atoms with van der Waals surface area (Å²) in [4.78, 5) is 40.7. The molecule has 2 aliphatic heterocycles. The summed E-state index contributed by atoms with van der Waals surface area (Å²) in [5, 5.41) is 9.76. The van der Waals surface area contributed by atoms with Crippen LogP contribution in [0.1, 0.15) is 60.5 Å². The van der Waals surface area contributed by atoms with Crippen molar-refractivity contribution >= 4 is 29.2 Å². The summed E-state index contributed by atoms with van der Waals surface area (Å²) in [6.45, 7) is 0.731. The van der Waals surface area contributed by atoms with E-state index in [0.717, 1.165) is 50.8 Å². The molecule has 2 fully saturated rings. The molecule has 8 nitrogen and oxygen atoms in total. The number of benzene rings is 2. The Labute approximate surface area is 235 Å². The number of amides is 4. The van der Waals surface area contributed by atoms with E-state index in [1.165, 1.54) is 5.56 Å². The van der Waals surface area contributed by atoms with Crippen LogP contribution in [0.3, 0.4) is 0 Å². The molecule has 4 aliphatic rings. The Morgan fingerprint density at radius 3 is 2.52 bits per heavy atom. The molecule has 1 saturated heterocycles. The van der Waals surface area contributed by atoms with Gasteiger partial charge in [0.1, 0.15) is 0 Å². The van der Waals surface area contributed by atoms with Gasteiger partial charge in [-0.3, -0.25) is 9.59 Å². The van der Waals surface area contributed by atoms with Gasteiger partial charge in [-0.1, -0.05) is 55.3 Å². The van der Waals surface area contributed by atoms with Gasteiger partial charge in [0.2, 0.25) is 11.8 Å². The molecule has 0 aromatic heterocycles. The summed E-state index contributed by atoms with van der Waals surface area (Å²) in [6, 6.07) is 14.6. The highest BCUT2D eigenvalue weighted by molar-refractivity contribution is 5.94. The molecular formula is C32H37N5O3. The van der Waals surface area contributed by atoms with Crippen molar-refractivity contribution in [1.82, 2.24) is 10.2 Å². The predicted molar refractivity (Wildman–Crippen MR) is 156 cm³/mol. The van der Waals surface area contributed by atoms with Crippen LogP contribution >= 0.6 is 0 Å². The number of allylic oxidation sites excluding steroid dienone is 3. The first-order chi connectivity index (χ1) is 19.5. The third-order valence-electron chi connectivity index (χ3n) is 9.09. The quantitative estimate of drug-likeness (QED) is 0.429. The fourth-order valence-electron chi connectivity index (χ4n) is 7.17.